The molecule has 0 unspecified atom stereocenters. The molecule has 8 aromatic rings. The normalized spacial score (nSPS) is 11.1. The van der Waals surface area contributed by atoms with Crippen LogP contribution in [0.1, 0.15) is 11.1 Å². The van der Waals surface area contributed by atoms with Crippen LogP contribution in [-0.2, 0) is 22.4 Å². The SMILES string of the molecule is COc1cc(OC)c2c(-c3ccccc3)c(-c3ccccc3)[nH]c2c1CCNC(=O)C(=O)NCCc1c(OC)cc(OC)c2c(-c3ccccc3)c(-c3ccccc3)[nH]c12. The van der Waals surface area contributed by atoms with E-state index >= 15 is 0 Å². The third-order valence-electron chi connectivity index (χ3n) is 10.9. The van der Waals surface area contributed by atoms with Crippen LogP contribution in [0.25, 0.3) is 66.6 Å². The van der Waals surface area contributed by atoms with Crippen LogP contribution in [0, 0.1) is 0 Å². The Kier molecular flexibility index (Phi) is 11.5. The smallest absolute Gasteiger partial charge is 0.309 e. The van der Waals surface area contributed by atoms with Crippen molar-refractivity contribution in [1.82, 2.24) is 20.6 Å². The zero-order valence-electron chi connectivity index (χ0n) is 34.0. The number of rotatable bonds is 14. The van der Waals surface area contributed by atoms with E-state index in [1.165, 1.54) is 0 Å². The molecule has 10 nitrogen and oxygen atoms in total. The van der Waals surface area contributed by atoms with Gasteiger partial charge in [0.1, 0.15) is 23.0 Å². The molecule has 0 fully saturated rings. The van der Waals surface area contributed by atoms with Gasteiger partial charge in [0.15, 0.2) is 0 Å². The molecular formula is C50H46N4O6. The van der Waals surface area contributed by atoms with Gasteiger partial charge in [0.05, 0.1) is 61.6 Å². The summed E-state index contributed by atoms with van der Waals surface area (Å²) in [5.41, 5.74) is 11.3. The molecule has 0 aliphatic rings. The summed E-state index contributed by atoms with van der Waals surface area (Å²) in [4.78, 5) is 33.9. The molecule has 2 aromatic heterocycles. The number of fused-ring (bicyclic) bond motifs is 2. The number of hydrogen-bond acceptors (Lipinski definition) is 6. The van der Waals surface area contributed by atoms with Gasteiger partial charge in [0.2, 0.25) is 0 Å². The Morgan fingerprint density at radius 2 is 0.767 bits per heavy atom. The number of ether oxygens (including phenoxy) is 4. The minimum Gasteiger partial charge on any atom is -0.496 e. The first-order valence-corrected chi connectivity index (χ1v) is 19.8. The average molecular weight is 799 g/mol. The molecule has 0 saturated heterocycles. The van der Waals surface area contributed by atoms with Gasteiger partial charge in [-0.25, -0.2) is 0 Å². The highest BCUT2D eigenvalue weighted by molar-refractivity contribution is 6.35. The van der Waals surface area contributed by atoms with Gasteiger partial charge in [0, 0.05) is 47.5 Å². The van der Waals surface area contributed by atoms with Gasteiger partial charge < -0.3 is 39.5 Å². The van der Waals surface area contributed by atoms with Crippen molar-refractivity contribution in [2.24, 2.45) is 0 Å². The minimum atomic E-state index is -0.732. The first-order chi connectivity index (χ1) is 29.4. The van der Waals surface area contributed by atoms with Crippen LogP contribution in [0.2, 0.25) is 0 Å². The number of amides is 2. The molecule has 60 heavy (non-hydrogen) atoms. The number of carbonyl (C=O) groups excluding carboxylic acids is 2. The second-order valence-corrected chi connectivity index (χ2v) is 14.2. The maximum atomic E-state index is 13.3. The predicted molar refractivity (Wildman–Crippen MR) is 238 cm³/mol. The lowest BCUT2D eigenvalue weighted by Gasteiger charge is -2.15. The fraction of sp³-hybridized carbons (Fsp3) is 0.160. The molecule has 0 saturated carbocycles. The fourth-order valence-electron chi connectivity index (χ4n) is 8.12. The summed E-state index contributed by atoms with van der Waals surface area (Å²) in [5.74, 6) is 1.06. The first-order valence-electron chi connectivity index (χ1n) is 19.8. The largest absolute Gasteiger partial charge is 0.496 e. The van der Waals surface area contributed by atoms with Crippen molar-refractivity contribution in [3.8, 4) is 67.8 Å². The van der Waals surface area contributed by atoms with E-state index in [-0.39, 0.29) is 13.1 Å². The third-order valence-corrected chi connectivity index (χ3v) is 10.9. The maximum absolute atomic E-state index is 13.3. The molecule has 0 atom stereocenters. The van der Waals surface area contributed by atoms with E-state index in [0.717, 1.165) is 77.7 Å². The number of carbonyl (C=O) groups is 2. The summed E-state index contributed by atoms with van der Waals surface area (Å²) in [6, 6.07) is 44.3. The third kappa shape index (κ3) is 7.51. The van der Waals surface area contributed by atoms with Crippen molar-refractivity contribution in [3.63, 3.8) is 0 Å². The Morgan fingerprint density at radius 3 is 1.08 bits per heavy atom. The number of aromatic nitrogens is 2. The van der Waals surface area contributed by atoms with Crippen molar-refractivity contribution < 1.29 is 28.5 Å². The number of H-pyrrole nitrogens is 2. The van der Waals surface area contributed by atoms with Gasteiger partial charge in [-0.15, -0.1) is 0 Å². The maximum Gasteiger partial charge on any atom is 0.309 e. The highest BCUT2D eigenvalue weighted by Crippen LogP contribution is 2.48. The fourth-order valence-corrected chi connectivity index (χ4v) is 8.12. The van der Waals surface area contributed by atoms with Crippen LogP contribution < -0.4 is 29.6 Å². The second kappa shape index (κ2) is 17.6. The van der Waals surface area contributed by atoms with Crippen LogP contribution in [0.15, 0.2) is 133 Å². The van der Waals surface area contributed by atoms with Gasteiger partial charge in [-0.2, -0.15) is 0 Å². The Hall–Kier alpha value is -7.46. The van der Waals surface area contributed by atoms with Gasteiger partial charge >= 0.3 is 11.8 Å². The molecule has 0 bridgehead atoms. The van der Waals surface area contributed by atoms with Crippen LogP contribution in [0.3, 0.4) is 0 Å². The molecule has 6 aromatic carbocycles. The lowest BCUT2D eigenvalue weighted by Crippen LogP contribution is -2.41. The standard InChI is InChI=1S/C50H46N4O6/c1-57-37-29-39(59-3)43-41(31-17-9-5-10-18-31)45(33-21-13-7-14-22-33)53-47(43)35(37)25-27-51-49(55)50(56)52-28-26-36-38(58-2)30-40(60-4)44-42(32-19-11-6-12-20-32)46(54-48(36)44)34-23-15-8-16-24-34/h5-24,29-30,53-54H,25-28H2,1-4H3,(H,51,55)(H,52,56). The zero-order valence-corrected chi connectivity index (χ0v) is 34.0. The number of methoxy groups -OCH3 is 4. The van der Waals surface area contributed by atoms with Crippen LogP contribution in [-0.4, -0.2) is 63.3 Å². The summed E-state index contributed by atoms with van der Waals surface area (Å²) >= 11 is 0. The van der Waals surface area contributed by atoms with Crippen molar-refractivity contribution in [2.45, 2.75) is 12.8 Å². The van der Waals surface area contributed by atoms with E-state index in [1.54, 1.807) is 28.4 Å². The average Bonchev–Trinajstić information content (AvgIpc) is 3.91. The monoisotopic (exact) mass is 798 g/mol. The first kappa shape index (κ1) is 39.4. The molecule has 0 radical (unpaired) electrons. The second-order valence-electron chi connectivity index (χ2n) is 14.2. The van der Waals surface area contributed by atoms with Crippen molar-refractivity contribution in [3.05, 3.63) is 145 Å². The van der Waals surface area contributed by atoms with E-state index in [2.05, 4.69) is 69.1 Å². The summed E-state index contributed by atoms with van der Waals surface area (Å²) < 4.78 is 23.6. The summed E-state index contributed by atoms with van der Waals surface area (Å²) in [5, 5.41) is 7.45. The van der Waals surface area contributed by atoms with Crippen LogP contribution in [0.5, 0.6) is 23.0 Å². The molecule has 302 valence electrons. The lowest BCUT2D eigenvalue weighted by molar-refractivity contribution is -0.139. The quantitative estimate of drug-likeness (QED) is 0.0813. The molecule has 10 heteroatoms. The number of benzene rings is 6. The van der Waals surface area contributed by atoms with Gasteiger partial charge in [-0.3, -0.25) is 9.59 Å². The van der Waals surface area contributed by atoms with E-state index in [0.29, 0.717) is 35.8 Å². The molecule has 0 aliphatic carbocycles. The van der Waals surface area contributed by atoms with E-state index in [4.69, 9.17) is 18.9 Å². The van der Waals surface area contributed by atoms with Crippen molar-refractivity contribution in [2.75, 3.05) is 41.5 Å². The van der Waals surface area contributed by atoms with Crippen LogP contribution >= 0.6 is 0 Å². The van der Waals surface area contributed by atoms with Crippen LogP contribution in [0.4, 0.5) is 0 Å². The minimum absolute atomic E-state index is 0.185. The highest BCUT2D eigenvalue weighted by Gasteiger charge is 2.26. The number of hydrogen-bond donors (Lipinski definition) is 4. The summed E-state index contributed by atoms with van der Waals surface area (Å²) in [6.45, 7) is 0.370. The Morgan fingerprint density at radius 1 is 0.450 bits per heavy atom. The van der Waals surface area contributed by atoms with Gasteiger partial charge in [-0.05, 0) is 35.1 Å². The van der Waals surface area contributed by atoms with E-state index < -0.39 is 11.8 Å². The predicted octanol–water partition coefficient (Wildman–Crippen LogP) is 9.37. The molecule has 4 N–H and O–H groups in total. The van der Waals surface area contributed by atoms with Gasteiger partial charge in [-0.1, -0.05) is 121 Å². The van der Waals surface area contributed by atoms with E-state index in [1.807, 2.05) is 84.9 Å². The van der Waals surface area contributed by atoms with E-state index in [9.17, 15) is 9.59 Å². The molecule has 0 aliphatic heterocycles. The summed E-state index contributed by atoms with van der Waals surface area (Å²) in [6.07, 6.45) is 0.764. The topological polar surface area (TPSA) is 127 Å². The van der Waals surface area contributed by atoms with Crippen molar-refractivity contribution in [1.29, 1.82) is 0 Å². The molecule has 8 rings (SSSR count). The highest BCUT2D eigenvalue weighted by atomic mass is 16.5. The number of nitrogens with one attached hydrogen (secondary N) is 4. The molecule has 2 amide bonds. The Bertz CT molecular complexity index is 2590. The molecule has 0 spiro atoms. The van der Waals surface area contributed by atoms with Crippen molar-refractivity contribution >= 4 is 33.6 Å². The number of aromatic amines is 2. The Labute approximate surface area is 348 Å². The van der Waals surface area contributed by atoms with Gasteiger partial charge in [0.25, 0.3) is 0 Å². The lowest BCUT2D eigenvalue weighted by atomic mass is 9.96. The molecule has 2 heterocycles. The molecular weight excluding hydrogens is 753 g/mol. The summed E-state index contributed by atoms with van der Waals surface area (Å²) in [7, 11) is 6.51. The zero-order chi connectivity index (χ0) is 41.6. The Balaban J connectivity index is 1.03.